The Morgan fingerprint density at radius 2 is 1.73 bits per heavy atom. The van der Waals surface area contributed by atoms with E-state index < -0.39 is 18.1 Å². The smallest absolute Gasteiger partial charge is 0.348 e. The number of nitrogens with zero attached hydrogens (tertiary/aromatic N) is 1. The molecule has 12 heteroatoms. The maximum atomic E-state index is 13.7. The van der Waals surface area contributed by atoms with Gasteiger partial charge in [0.2, 0.25) is 0 Å². The molecule has 1 saturated carbocycles. The maximum absolute atomic E-state index is 13.7. The fourth-order valence-corrected chi connectivity index (χ4v) is 8.17. The summed E-state index contributed by atoms with van der Waals surface area (Å²) >= 11 is 14.4. The Hall–Kier alpha value is -3.67. The monoisotopic (exact) mass is 750 g/mol. The normalized spacial score (nSPS) is 20.7. The van der Waals surface area contributed by atoms with Crippen LogP contribution in [0, 0.1) is 11.8 Å². The van der Waals surface area contributed by atoms with Crippen molar-refractivity contribution in [2.75, 3.05) is 33.4 Å². The summed E-state index contributed by atoms with van der Waals surface area (Å²) in [6, 6.07) is 18.1. The molecule has 1 aliphatic carbocycles. The number of benzene rings is 2. The highest BCUT2D eigenvalue weighted by atomic mass is 35.5. The number of carbonyl (C=O) groups is 2. The molecule has 0 spiro atoms. The van der Waals surface area contributed by atoms with E-state index in [-0.39, 0.29) is 18.5 Å². The topological polar surface area (TPSA) is 100 Å². The second-order valence-electron chi connectivity index (χ2n) is 13.5. The van der Waals surface area contributed by atoms with Crippen LogP contribution < -0.4 is 19.8 Å². The molecule has 0 amide bonds. The number of rotatable bonds is 15. The fraction of sp³-hybridized carbons (Fsp3) is 0.410. The Balaban J connectivity index is 1.06. The third-order valence-corrected chi connectivity index (χ3v) is 11.7. The zero-order valence-electron chi connectivity index (χ0n) is 28.4. The first-order valence-electron chi connectivity index (χ1n) is 17.5. The van der Waals surface area contributed by atoms with Crippen LogP contribution in [0.15, 0.2) is 73.1 Å². The summed E-state index contributed by atoms with van der Waals surface area (Å²) in [4.78, 5) is 34.0. The lowest BCUT2D eigenvalue weighted by Gasteiger charge is -2.44. The molecule has 9 nitrogen and oxygen atoms in total. The van der Waals surface area contributed by atoms with Gasteiger partial charge >= 0.3 is 11.9 Å². The lowest BCUT2D eigenvalue weighted by atomic mass is 9.86. The molecule has 3 saturated heterocycles. The average Bonchev–Trinajstić information content (AvgIpc) is 3.87. The zero-order chi connectivity index (χ0) is 35.3. The van der Waals surface area contributed by atoms with E-state index in [1.54, 1.807) is 25.6 Å². The second kappa shape index (κ2) is 16.3. The first kappa shape index (κ1) is 35.7. The number of halogens is 2. The number of nitrogens with one attached hydrogen (secondary N) is 2. The molecular formula is C39H42Cl2N3O6S+. The van der Waals surface area contributed by atoms with Gasteiger partial charge in [0.25, 0.3) is 0 Å². The first-order valence-corrected chi connectivity index (χ1v) is 19.1. The number of aromatic amines is 1. The fourth-order valence-electron chi connectivity index (χ4n) is 6.80. The minimum atomic E-state index is -0.726. The number of hydrogen-bond acceptors (Lipinski definition) is 9. The number of esters is 2. The van der Waals surface area contributed by atoms with Gasteiger partial charge in [-0.05, 0) is 86.0 Å². The highest BCUT2D eigenvalue weighted by Crippen LogP contribution is 2.38. The second-order valence-corrected chi connectivity index (χ2v) is 15.5. The largest absolute Gasteiger partial charge is 0.493 e. The van der Waals surface area contributed by atoms with Crippen molar-refractivity contribution < 1.29 is 33.5 Å². The molecule has 2 unspecified atom stereocenters. The Kier molecular flexibility index (Phi) is 11.4. The van der Waals surface area contributed by atoms with Crippen molar-refractivity contribution in [2.24, 2.45) is 11.8 Å². The van der Waals surface area contributed by atoms with E-state index in [0.29, 0.717) is 57.0 Å². The summed E-state index contributed by atoms with van der Waals surface area (Å²) in [5.74, 6) is 1.39. The summed E-state index contributed by atoms with van der Waals surface area (Å²) in [5, 5.41) is 4.28. The van der Waals surface area contributed by atoms with Crippen LogP contribution >= 0.6 is 34.5 Å². The Morgan fingerprint density at radius 3 is 2.41 bits per heavy atom. The average molecular weight is 752 g/mol. The predicted octanol–water partition coefficient (Wildman–Crippen LogP) is 7.28. The number of aromatic nitrogens is 1. The van der Waals surface area contributed by atoms with E-state index in [4.69, 9.17) is 42.1 Å². The molecule has 2 bridgehead atoms. The molecule has 4 aromatic rings. The van der Waals surface area contributed by atoms with E-state index in [9.17, 15) is 9.59 Å². The van der Waals surface area contributed by atoms with Gasteiger partial charge in [-0.2, -0.15) is 0 Å². The van der Waals surface area contributed by atoms with Crippen molar-refractivity contribution in [1.29, 1.82) is 0 Å². The number of piperidine rings is 3. The highest BCUT2D eigenvalue weighted by molar-refractivity contribution is 7.13. The predicted molar refractivity (Wildman–Crippen MR) is 195 cm³/mol. The molecular weight excluding hydrogens is 709 g/mol. The van der Waals surface area contributed by atoms with Crippen molar-refractivity contribution >= 4 is 46.5 Å². The van der Waals surface area contributed by atoms with Crippen LogP contribution in [-0.4, -0.2) is 56.3 Å². The molecule has 2 aromatic carbocycles. The number of methoxy groups -OCH3 is 1. The number of thiophene rings is 1. The van der Waals surface area contributed by atoms with Gasteiger partial charge in [-0.1, -0.05) is 59.6 Å². The molecule has 4 aliphatic rings. The lowest BCUT2D eigenvalue weighted by Crippen LogP contribution is -2.52. The third kappa shape index (κ3) is 8.87. The summed E-state index contributed by atoms with van der Waals surface area (Å²) in [6.07, 6.45) is 7.15. The van der Waals surface area contributed by atoms with Gasteiger partial charge in [0.05, 0.1) is 13.7 Å². The minimum Gasteiger partial charge on any atom is -0.493 e. The van der Waals surface area contributed by atoms with E-state index in [2.05, 4.69) is 15.2 Å². The van der Waals surface area contributed by atoms with Crippen molar-refractivity contribution in [3.05, 3.63) is 110 Å². The minimum absolute atomic E-state index is 0.0885. The summed E-state index contributed by atoms with van der Waals surface area (Å²) in [6.45, 7) is 3.91. The molecule has 2 N–H and O–H groups in total. The third-order valence-electron chi connectivity index (χ3n) is 9.94. The van der Waals surface area contributed by atoms with Crippen LogP contribution in [0.5, 0.6) is 11.5 Å². The van der Waals surface area contributed by atoms with Crippen molar-refractivity contribution in [3.63, 3.8) is 0 Å². The Bertz CT molecular complexity index is 1810. The van der Waals surface area contributed by atoms with E-state index in [1.165, 1.54) is 11.3 Å². The molecule has 3 atom stereocenters. The maximum Gasteiger partial charge on any atom is 0.348 e. The van der Waals surface area contributed by atoms with E-state index in [0.717, 1.165) is 61.3 Å². The molecule has 2 aromatic heterocycles. The number of fused-ring (bicyclic) bond motifs is 3. The standard InChI is InChI=1S/C39H41Cl2N3O6S/c1-47-32-11-9-27(17-34(32)48-23-24-7-8-24)33(18-29-30(40)20-42-21-31(29)41)49-38(45)36-12-10-28(51-36)19-43-37(26-5-3-2-4-6-26)39(46)50-35-22-44-15-13-25(35)14-16-44/h2-6,9-12,17,20-21,24-25,33,35,37,43H,7-8,13-16,18-19,22-23H2,1H3/p+1/t33?,35-,37?/m0/s1. The number of hydrogen-bond donors (Lipinski definition) is 1. The van der Waals surface area contributed by atoms with Crippen molar-refractivity contribution in [2.45, 2.75) is 56.9 Å². The van der Waals surface area contributed by atoms with Crippen LogP contribution in [0.2, 0.25) is 10.0 Å². The Labute approximate surface area is 312 Å². The Morgan fingerprint density at radius 1 is 0.961 bits per heavy atom. The quantitative estimate of drug-likeness (QED) is 0.127. The number of H-pyrrole nitrogens is 1. The summed E-state index contributed by atoms with van der Waals surface area (Å²) in [7, 11) is 1.60. The number of ether oxygens (including phenoxy) is 4. The van der Waals surface area contributed by atoms with Crippen LogP contribution in [0.25, 0.3) is 0 Å². The van der Waals surface area contributed by atoms with E-state index >= 15 is 0 Å². The van der Waals surface area contributed by atoms with Gasteiger partial charge in [-0.3, -0.25) is 10.2 Å². The van der Waals surface area contributed by atoms with Crippen LogP contribution in [0.3, 0.4) is 0 Å². The van der Waals surface area contributed by atoms with Gasteiger partial charge in [-0.15, -0.1) is 11.3 Å². The van der Waals surface area contributed by atoms with Gasteiger partial charge in [0.15, 0.2) is 23.9 Å². The molecule has 5 heterocycles. The van der Waals surface area contributed by atoms with Gasteiger partial charge in [-0.25, -0.2) is 14.6 Å². The number of carbonyl (C=O) groups excluding carboxylic acids is 2. The van der Waals surface area contributed by atoms with Crippen LogP contribution in [0.4, 0.5) is 0 Å². The molecule has 4 fully saturated rings. The van der Waals surface area contributed by atoms with Gasteiger partial charge in [0, 0.05) is 30.0 Å². The lowest BCUT2D eigenvalue weighted by molar-refractivity contribution is -0.377. The van der Waals surface area contributed by atoms with Crippen molar-refractivity contribution in [1.82, 2.24) is 10.2 Å². The summed E-state index contributed by atoms with van der Waals surface area (Å²) < 4.78 is 24.0. The summed E-state index contributed by atoms with van der Waals surface area (Å²) in [5.41, 5.74) is 2.21. The van der Waals surface area contributed by atoms with Crippen LogP contribution in [-0.2, 0) is 27.2 Å². The first-order chi connectivity index (χ1) is 24.8. The molecule has 8 rings (SSSR count). The van der Waals surface area contributed by atoms with Crippen LogP contribution in [0.1, 0.15) is 69.1 Å². The number of pyridine rings is 1. The SMILES string of the molecule is COc1ccc(C(Cc2c(Cl)c[nH+]cc2Cl)OC(=O)c2ccc(CNC(C(=O)O[C@H]3CN4CCC3CC4)c3ccccc3)s2)cc1OCC1CC1. The molecule has 268 valence electrons. The molecule has 0 radical (unpaired) electrons. The molecule has 3 aliphatic heterocycles. The molecule has 51 heavy (non-hydrogen) atoms. The van der Waals surface area contributed by atoms with E-state index in [1.807, 2.05) is 54.6 Å². The van der Waals surface area contributed by atoms with Gasteiger partial charge in [0.1, 0.15) is 33.2 Å². The zero-order valence-corrected chi connectivity index (χ0v) is 30.8. The highest BCUT2D eigenvalue weighted by Gasteiger charge is 2.38. The van der Waals surface area contributed by atoms with Gasteiger partial charge < -0.3 is 18.9 Å². The van der Waals surface area contributed by atoms with Crippen molar-refractivity contribution in [3.8, 4) is 11.5 Å².